The first-order valence-corrected chi connectivity index (χ1v) is 6.52. The number of halogens is 1. The van der Waals surface area contributed by atoms with Gasteiger partial charge in [-0.05, 0) is 24.1 Å². The average molecular weight is 309 g/mol. The van der Waals surface area contributed by atoms with E-state index in [2.05, 4.69) is 5.10 Å². The van der Waals surface area contributed by atoms with E-state index >= 15 is 0 Å². The molecule has 1 amide bonds. The monoisotopic (exact) mass is 308 g/mol. The van der Waals surface area contributed by atoms with Crippen molar-refractivity contribution in [2.45, 2.75) is 13.3 Å². The number of rotatable bonds is 3. The van der Waals surface area contributed by atoms with Crippen LogP contribution < -0.4 is 17.0 Å². The van der Waals surface area contributed by atoms with Crippen LogP contribution in [0.1, 0.15) is 22.8 Å². The normalized spacial score (nSPS) is 10.6. The van der Waals surface area contributed by atoms with E-state index in [1.54, 1.807) is 6.07 Å². The minimum atomic E-state index is -0.700. The number of nitrogens with two attached hydrogens (primary N) is 1. The molecule has 21 heavy (non-hydrogen) atoms. The molecule has 2 rings (SSSR count). The molecular formula is C13H13ClN4O3. The summed E-state index contributed by atoms with van der Waals surface area (Å²) in [5.41, 5.74) is 5.24. The Morgan fingerprint density at radius 2 is 2.05 bits per heavy atom. The molecule has 2 N–H and O–H groups in total. The van der Waals surface area contributed by atoms with Gasteiger partial charge in [0.2, 0.25) is 5.91 Å². The van der Waals surface area contributed by atoms with Gasteiger partial charge in [-0.25, -0.2) is 4.79 Å². The Kier molecular flexibility index (Phi) is 3.95. The molecule has 1 heterocycles. The van der Waals surface area contributed by atoms with Crippen molar-refractivity contribution < 1.29 is 4.79 Å². The smallest absolute Gasteiger partial charge is 0.351 e. The molecule has 0 atom stereocenters. The lowest BCUT2D eigenvalue weighted by Gasteiger charge is -2.11. The summed E-state index contributed by atoms with van der Waals surface area (Å²) in [5, 5.41) is 4.05. The van der Waals surface area contributed by atoms with Crippen LogP contribution in [-0.2, 0) is 13.5 Å². The molecule has 0 aliphatic carbocycles. The predicted octanol–water partition coefficient (Wildman–Crippen LogP) is 0.246. The fourth-order valence-corrected chi connectivity index (χ4v) is 2.22. The number of amides is 1. The van der Waals surface area contributed by atoms with E-state index in [0.29, 0.717) is 17.7 Å². The molecule has 0 aliphatic rings. The van der Waals surface area contributed by atoms with E-state index in [1.807, 2.05) is 6.92 Å². The maximum absolute atomic E-state index is 12.1. The molecule has 0 unspecified atom stereocenters. The Morgan fingerprint density at radius 1 is 1.38 bits per heavy atom. The van der Waals surface area contributed by atoms with Crippen molar-refractivity contribution in [1.29, 1.82) is 0 Å². The SMILES string of the molecule is CCc1cc(-n2ncc(=O)n(C)c2=O)cc(C(N)=O)c1Cl. The molecule has 0 spiro atoms. The molecule has 8 heteroatoms. The Morgan fingerprint density at radius 3 is 2.62 bits per heavy atom. The van der Waals surface area contributed by atoms with Crippen LogP contribution in [0, 0.1) is 0 Å². The molecule has 0 fully saturated rings. The van der Waals surface area contributed by atoms with E-state index in [1.165, 1.54) is 13.1 Å². The Bertz CT molecular complexity index is 838. The number of carbonyl (C=O) groups is 1. The summed E-state index contributed by atoms with van der Waals surface area (Å²) in [6, 6.07) is 3.01. The van der Waals surface area contributed by atoms with Gasteiger partial charge in [-0.15, -0.1) is 0 Å². The highest BCUT2D eigenvalue weighted by atomic mass is 35.5. The maximum Gasteiger partial charge on any atom is 0.351 e. The number of benzene rings is 1. The first kappa shape index (κ1) is 15.0. The molecule has 2 aromatic rings. The lowest BCUT2D eigenvalue weighted by atomic mass is 10.1. The van der Waals surface area contributed by atoms with Crippen molar-refractivity contribution in [3.8, 4) is 5.69 Å². The third kappa shape index (κ3) is 2.59. The van der Waals surface area contributed by atoms with Crippen LogP contribution in [0.15, 0.2) is 27.9 Å². The van der Waals surface area contributed by atoms with Crippen LogP contribution in [0.2, 0.25) is 5.02 Å². The van der Waals surface area contributed by atoms with E-state index in [0.717, 1.165) is 15.4 Å². The molecule has 110 valence electrons. The molecule has 0 saturated carbocycles. The Hall–Kier alpha value is -2.41. The molecule has 0 saturated heterocycles. The number of aromatic nitrogens is 3. The standard InChI is InChI=1S/C13H13ClN4O3/c1-3-7-4-8(5-9(11(7)14)12(15)20)18-13(21)17(2)10(19)6-16-18/h4-6H,3H2,1-2H3,(H2,15,20). The van der Waals surface area contributed by atoms with Gasteiger partial charge < -0.3 is 5.73 Å². The zero-order valence-electron chi connectivity index (χ0n) is 11.5. The van der Waals surface area contributed by atoms with Gasteiger partial charge in [0.1, 0.15) is 6.20 Å². The van der Waals surface area contributed by atoms with Gasteiger partial charge in [0.15, 0.2) is 0 Å². The van der Waals surface area contributed by atoms with E-state index in [-0.39, 0.29) is 10.6 Å². The second-order valence-electron chi connectivity index (χ2n) is 4.42. The van der Waals surface area contributed by atoms with Crippen LogP contribution >= 0.6 is 11.6 Å². The number of aryl methyl sites for hydroxylation is 1. The summed E-state index contributed by atoms with van der Waals surface area (Å²) < 4.78 is 1.93. The zero-order valence-corrected chi connectivity index (χ0v) is 12.2. The zero-order chi connectivity index (χ0) is 15.7. The summed E-state index contributed by atoms with van der Waals surface area (Å²) in [5.74, 6) is -0.700. The minimum Gasteiger partial charge on any atom is -0.366 e. The highest BCUT2D eigenvalue weighted by molar-refractivity contribution is 6.34. The minimum absolute atomic E-state index is 0.105. The molecule has 1 aromatic heterocycles. The van der Waals surface area contributed by atoms with Crippen molar-refractivity contribution >= 4 is 17.5 Å². The first-order chi connectivity index (χ1) is 9.86. The first-order valence-electron chi connectivity index (χ1n) is 6.14. The van der Waals surface area contributed by atoms with Crippen LogP contribution in [0.5, 0.6) is 0 Å². The lowest BCUT2D eigenvalue weighted by Crippen LogP contribution is -2.38. The summed E-state index contributed by atoms with van der Waals surface area (Å²) in [6.07, 6.45) is 1.57. The van der Waals surface area contributed by atoms with Crippen molar-refractivity contribution in [3.63, 3.8) is 0 Å². The Labute approximate surface area is 124 Å². The maximum atomic E-state index is 12.1. The second kappa shape index (κ2) is 5.53. The number of carbonyl (C=O) groups excluding carboxylic acids is 1. The van der Waals surface area contributed by atoms with Gasteiger partial charge >= 0.3 is 5.69 Å². The van der Waals surface area contributed by atoms with E-state index in [9.17, 15) is 14.4 Å². The van der Waals surface area contributed by atoms with E-state index in [4.69, 9.17) is 17.3 Å². The van der Waals surface area contributed by atoms with Crippen molar-refractivity contribution in [2.24, 2.45) is 12.8 Å². The largest absolute Gasteiger partial charge is 0.366 e. The van der Waals surface area contributed by atoms with Gasteiger partial charge in [0, 0.05) is 7.05 Å². The van der Waals surface area contributed by atoms with Gasteiger partial charge in [-0.2, -0.15) is 9.78 Å². The lowest BCUT2D eigenvalue weighted by molar-refractivity contribution is 0.100. The van der Waals surface area contributed by atoms with Crippen molar-refractivity contribution in [1.82, 2.24) is 14.3 Å². The second-order valence-corrected chi connectivity index (χ2v) is 4.80. The van der Waals surface area contributed by atoms with Crippen LogP contribution in [0.25, 0.3) is 5.69 Å². The fraction of sp³-hybridized carbons (Fsp3) is 0.231. The van der Waals surface area contributed by atoms with Gasteiger partial charge in [0.25, 0.3) is 5.56 Å². The van der Waals surface area contributed by atoms with Crippen LogP contribution in [0.4, 0.5) is 0 Å². The topological polar surface area (TPSA) is 100.0 Å². The molecule has 0 aliphatic heterocycles. The third-order valence-corrected chi connectivity index (χ3v) is 3.55. The molecule has 0 bridgehead atoms. The van der Waals surface area contributed by atoms with Crippen LogP contribution in [-0.4, -0.2) is 20.3 Å². The van der Waals surface area contributed by atoms with E-state index < -0.39 is 17.2 Å². The molecule has 1 aromatic carbocycles. The number of hydrogen-bond donors (Lipinski definition) is 1. The third-order valence-electron chi connectivity index (χ3n) is 3.11. The number of nitrogens with zero attached hydrogens (tertiary/aromatic N) is 3. The highest BCUT2D eigenvalue weighted by Gasteiger charge is 2.15. The van der Waals surface area contributed by atoms with Gasteiger partial charge in [-0.1, -0.05) is 18.5 Å². The summed E-state index contributed by atoms with van der Waals surface area (Å²) >= 11 is 6.10. The molecule has 0 radical (unpaired) electrons. The molecule has 7 nitrogen and oxygen atoms in total. The van der Waals surface area contributed by atoms with Gasteiger partial charge in [0.05, 0.1) is 16.3 Å². The number of hydrogen-bond acceptors (Lipinski definition) is 4. The molecular weight excluding hydrogens is 296 g/mol. The highest BCUT2D eigenvalue weighted by Crippen LogP contribution is 2.24. The quantitative estimate of drug-likeness (QED) is 0.878. The summed E-state index contributed by atoms with van der Waals surface area (Å²) in [6.45, 7) is 1.85. The van der Waals surface area contributed by atoms with Crippen LogP contribution in [0.3, 0.4) is 0 Å². The number of primary amides is 1. The average Bonchev–Trinajstić information content (AvgIpc) is 2.45. The summed E-state index contributed by atoms with van der Waals surface area (Å²) in [4.78, 5) is 34.9. The van der Waals surface area contributed by atoms with Crippen molar-refractivity contribution in [2.75, 3.05) is 0 Å². The van der Waals surface area contributed by atoms with Crippen molar-refractivity contribution in [3.05, 3.63) is 55.3 Å². The summed E-state index contributed by atoms with van der Waals surface area (Å²) in [7, 11) is 1.34. The predicted molar refractivity (Wildman–Crippen MR) is 78.0 cm³/mol. The van der Waals surface area contributed by atoms with Gasteiger partial charge in [-0.3, -0.25) is 14.2 Å². The fourth-order valence-electron chi connectivity index (χ4n) is 1.88. The Balaban J connectivity index is 2.79.